The Hall–Kier alpha value is -2.47. The molecule has 6 heteroatoms. The van der Waals surface area contributed by atoms with Crippen LogP contribution in [-0.2, 0) is 6.54 Å². The maximum atomic E-state index is 12.4. The van der Waals surface area contributed by atoms with Crippen LogP contribution in [-0.4, -0.2) is 28.3 Å². The number of amides is 1. The van der Waals surface area contributed by atoms with Gasteiger partial charge in [-0.05, 0) is 24.0 Å². The van der Waals surface area contributed by atoms with Crippen molar-refractivity contribution in [1.29, 1.82) is 0 Å². The van der Waals surface area contributed by atoms with E-state index in [0.29, 0.717) is 19.0 Å². The van der Waals surface area contributed by atoms with Crippen LogP contribution in [0.2, 0.25) is 0 Å². The Kier molecular flexibility index (Phi) is 6.26. The van der Waals surface area contributed by atoms with E-state index in [1.54, 1.807) is 0 Å². The van der Waals surface area contributed by atoms with Crippen LogP contribution >= 0.6 is 0 Å². The number of hydrogen-bond acceptors (Lipinski definition) is 4. The molecule has 0 spiro atoms. The maximum Gasteiger partial charge on any atom is 0.271 e. The molecule has 0 fully saturated rings. The van der Waals surface area contributed by atoms with Gasteiger partial charge in [-0.25, -0.2) is 4.68 Å². The van der Waals surface area contributed by atoms with Gasteiger partial charge in [0.1, 0.15) is 5.69 Å². The van der Waals surface area contributed by atoms with E-state index in [2.05, 4.69) is 24.3 Å². The van der Waals surface area contributed by atoms with Crippen LogP contribution in [0.25, 0.3) is 0 Å². The van der Waals surface area contributed by atoms with Crippen LogP contribution < -0.4 is 16.6 Å². The molecule has 24 heavy (non-hydrogen) atoms. The van der Waals surface area contributed by atoms with Crippen molar-refractivity contribution in [2.75, 3.05) is 6.54 Å². The summed E-state index contributed by atoms with van der Waals surface area (Å²) >= 11 is 0. The molecule has 1 unspecified atom stereocenters. The highest BCUT2D eigenvalue weighted by atomic mass is 16.2. The SMILES string of the molecule is CC(C)CC(CN)NC(=O)c1ccc(=O)n(Cc2ccccc2)n1. The van der Waals surface area contributed by atoms with E-state index in [9.17, 15) is 9.59 Å². The van der Waals surface area contributed by atoms with Crippen molar-refractivity contribution in [2.24, 2.45) is 11.7 Å². The zero-order chi connectivity index (χ0) is 17.5. The van der Waals surface area contributed by atoms with Gasteiger partial charge < -0.3 is 11.1 Å². The zero-order valence-electron chi connectivity index (χ0n) is 14.1. The molecule has 1 amide bonds. The number of rotatable bonds is 7. The molecule has 0 aliphatic rings. The lowest BCUT2D eigenvalue weighted by Crippen LogP contribution is -2.42. The number of hydrogen-bond donors (Lipinski definition) is 2. The lowest BCUT2D eigenvalue weighted by Gasteiger charge is -2.18. The summed E-state index contributed by atoms with van der Waals surface area (Å²) in [6.07, 6.45) is 0.798. The van der Waals surface area contributed by atoms with Gasteiger partial charge in [-0.1, -0.05) is 44.2 Å². The van der Waals surface area contributed by atoms with E-state index in [1.165, 1.54) is 16.8 Å². The third kappa shape index (κ3) is 5.03. The van der Waals surface area contributed by atoms with Gasteiger partial charge in [-0.15, -0.1) is 0 Å². The van der Waals surface area contributed by atoms with E-state index in [4.69, 9.17) is 5.73 Å². The van der Waals surface area contributed by atoms with Crippen molar-refractivity contribution in [3.8, 4) is 0 Å². The molecule has 1 aromatic carbocycles. The first-order chi connectivity index (χ1) is 11.5. The summed E-state index contributed by atoms with van der Waals surface area (Å²) in [5, 5.41) is 7.07. The molecule has 128 valence electrons. The minimum Gasteiger partial charge on any atom is -0.347 e. The largest absolute Gasteiger partial charge is 0.347 e. The van der Waals surface area contributed by atoms with Gasteiger partial charge in [0.15, 0.2) is 0 Å². The summed E-state index contributed by atoms with van der Waals surface area (Å²) in [6, 6.07) is 12.2. The highest BCUT2D eigenvalue weighted by Gasteiger charge is 2.16. The first kappa shape index (κ1) is 17.9. The molecule has 2 aromatic rings. The van der Waals surface area contributed by atoms with Crippen LogP contribution in [0.1, 0.15) is 36.3 Å². The van der Waals surface area contributed by atoms with Crippen LogP contribution in [0.15, 0.2) is 47.3 Å². The van der Waals surface area contributed by atoms with Crippen molar-refractivity contribution in [3.63, 3.8) is 0 Å². The molecule has 1 atom stereocenters. The summed E-state index contributed by atoms with van der Waals surface area (Å²) in [6.45, 7) is 4.85. The monoisotopic (exact) mass is 328 g/mol. The lowest BCUT2D eigenvalue weighted by atomic mass is 10.0. The highest BCUT2D eigenvalue weighted by Crippen LogP contribution is 2.05. The second-order valence-electron chi connectivity index (χ2n) is 6.24. The normalized spacial score (nSPS) is 12.2. The second kappa shape index (κ2) is 8.40. The van der Waals surface area contributed by atoms with Gasteiger partial charge >= 0.3 is 0 Å². The average Bonchev–Trinajstić information content (AvgIpc) is 2.56. The van der Waals surface area contributed by atoms with Crippen molar-refractivity contribution < 1.29 is 4.79 Å². The van der Waals surface area contributed by atoms with E-state index >= 15 is 0 Å². The molecular weight excluding hydrogens is 304 g/mol. The third-order valence-electron chi connectivity index (χ3n) is 3.65. The summed E-state index contributed by atoms with van der Waals surface area (Å²) in [5.74, 6) is 0.117. The van der Waals surface area contributed by atoms with Gasteiger partial charge in [-0.2, -0.15) is 5.10 Å². The van der Waals surface area contributed by atoms with Gasteiger partial charge in [0.25, 0.3) is 11.5 Å². The Balaban J connectivity index is 2.15. The summed E-state index contributed by atoms with van der Waals surface area (Å²) in [7, 11) is 0. The topological polar surface area (TPSA) is 90.0 Å². The van der Waals surface area contributed by atoms with Crippen molar-refractivity contribution in [3.05, 3.63) is 64.1 Å². The molecule has 6 nitrogen and oxygen atoms in total. The summed E-state index contributed by atoms with van der Waals surface area (Å²) in [5.41, 5.74) is 6.63. The highest BCUT2D eigenvalue weighted by molar-refractivity contribution is 5.92. The Morgan fingerprint density at radius 3 is 2.54 bits per heavy atom. The number of nitrogens with two attached hydrogens (primary N) is 1. The third-order valence-corrected chi connectivity index (χ3v) is 3.65. The molecule has 0 radical (unpaired) electrons. The van der Waals surface area contributed by atoms with Crippen molar-refractivity contribution in [1.82, 2.24) is 15.1 Å². The molecule has 3 N–H and O–H groups in total. The van der Waals surface area contributed by atoms with Gasteiger partial charge in [-0.3, -0.25) is 9.59 Å². The number of benzene rings is 1. The molecule has 1 aromatic heterocycles. The second-order valence-corrected chi connectivity index (χ2v) is 6.24. The van der Waals surface area contributed by atoms with E-state index in [0.717, 1.165) is 12.0 Å². The maximum absolute atomic E-state index is 12.4. The lowest BCUT2D eigenvalue weighted by molar-refractivity contribution is 0.0926. The van der Waals surface area contributed by atoms with Crippen molar-refractivity contribution in [2.45, 2.75) is 32.9 Å². The van der Waals surface area contributed by atoms with Crippen LogP contribution in [0.4, 0.5) is 0 Å². The average molecular weight is 328 g/mol. The van der Waals surface area contributed by atoms with Crippen LogP contribution in [0.3, 0.4) is 0 Å². The van der Waals surface area contributed by atoms with Crippen LogP contribution in [0.5, 0.6) is 0 Å². The van der Waals surface area contributed by atoms with Gasteiger partial charge in [0.05, 0.1) is 6.54 Å². The van der Waals surface area contributed by atoms with Gasteiger partial charge in [0.2, 0.25) is 0 Å². The molecule has 0 bridgehead atoms. The smallest absolute Gasteiger partial charge is 0.271 e. The number of aromatic nitrogens is 2. The summed E-state index contributed by atoms with van der Waals surface area (Å²) < 4.78 is 1.30. The molecule has 0 aliphatic heterocycles. The molecular formula is C18H24N4O2. The van der Waals surface area contributed by atoms with E-state index < -0.39 is 0 Å². The Morgan fingerprint density at radius 2 is 1.92 bits per heavy atom. The number of carbonyl (C=O) groups is 1. The summed E-state index contributed by atoms with van der Waals surface area (Å²) in [4.78, 5) is 24.3. The minimum atomic E-state index is -0.312. The minimum absolute atomic E-state index is 0.103. The fraction of sp³-hybridized carbons (Fsp3) is 0.389. The molecule has 2 rings (SSSR count). The fourth-order valence-electron chi connectivity index (χ4n) is 2.48. The van der Waals surface area contributed by atoms with Crippen molar-refractivity contribution >= 4 is 5.91 Å². The quantitative estimate of drug-likeness (QED) is 0.804. The first-order valence-corrected chi connectivity index (χ1v) is 8.12. The van der Waals surface area contributed by atoms with E-state index in [1.807, 2.05) is 30.3 Å². The Bertz CT molecular complexity index is 725. The van der Waals surface area contributed by atoms with Gasteiger partial charge in [0, 0.05) is 18.7 Å². The predicted octanol–water partition coefficient (Wildman–Crippen LogP) is 1.39. The zero-order valence-corrected chi connectivity index (χ0v) is 14.1. The van der Waals surface area contributed by atoms with E-state index in [-0.39, 0.29) is 23.2 Å². The Morgan fingerprint density at radius 1 is 1.21 bits per heavy atom. The first-order valence-electron chi connectivity index (χ1n) is 8.12. The molecule has 1 heterocycles. The number of nitrogens with one attached hydrogen (secondary N) is 1. The standard InChI is InChI=1S/C18H24N4O2/c1-13(2)10-15(11-19)20-18(24)16-8-9-17(23)22(21-16)12-14-6-4-3-5-7-14/h3-9,13,15H,10-12,19H2,1-2H3,(H,20,24). The fourth-order valence-corrected chi connectivity index (χ4v) is 2.48. The molecule has 0 saturated carbocycles. The molecule has 0 saturated heterocycles. The number of carbonyl (C=O) groups excluding carboxylic acids is 1. The number of nitrogens with zero attached hydrogens (tertiary/aromatic N) is 2. The molecule has 0 aliphatic carbocycles. The van der Waals surface area contributed by atoms with Crippen LogP contribution in [0, 0.1) is 5.92 Å². The predicted molar refractivity (Wildman–Crippen MR) is 93.8 cm³/mol. The Labute approximate surface area is 141 Å².